The molecule has 0 saturated heterocycles. The molecule has 0 unspecified atom stereocenters. The van der Waals surface area contributed by atoms with Gasteiger partial charge in [0.25, 0.3) is 0 Å². The maximum absolute atomic E-state index is 12.4. The topological polar surface area (TPSA) is 57.6 Å². The quantitative estimate of drug-likeness (QED) is 0.695. The second-order valence-electron chi connectivity index (χ2n) is 5.68. The first kappa shape index (κ1) is 16.5. The zero-order valence-electron chi connectivity index (χ0n) is 12.1. The van der Waals surface area contributed by atoms with Gasteiger partial charge in [0.15, 0.2) is 0 Å². The fourth-order valence-electron chi connectivity index (χ4n) is 3.06. The highest BCUT2D eigenvalue weighted by Crippen LogP contribution is 2.42. The molecule has 1 aliphatic rings. The van der Waals surface area contributed by atoms with Crippen molar-refractivity contribution >= 4 is 11.9 Å². The van der Waals surface area contributed by atoms with E-state index in [4.69, 9.17) is 5.11 Å². The average Bonchev–Trinajstić information content (AvgIpc) is 2.38. The Morgan fingerprint density at radius 3 is 2.05 bits per heavy atom. The van der Waals surface area contributed by atoms with Gasteiger partial charge in [-0.05, 0) is 18.3 Å². The molecular formula is C16H25NO3. The molecule has 20 heavy (non-hydrogen) atoms. The second kappa shape index (κ2) is 7.88. The van der Waals surface area contributed by atoms with Crippen molar-refractivity contribution in [2.24, 2.45) is 5.41 Å². The Morgan fingerprint density at radius 2 is 1.60 bits per heavy atom. The summed E-state index contributed by atoms with van der Waals surface area (Å²) in [6.07, 6.45) is 8.63. The van der Waals surface area contributed by atoms with Gasteiger partial charge in [0.05, 0.1) is 6.42 Å². The van der Waals surface area contributed by atoms with Crippen LogP contribution in [0.4, 0.5) is 0 Å². The fourth-order valence-corrected chi connectivity index (χ4v) is 3.06. The summed E-state index contributed by atoms with van der Waals surface area (Å²) < 4.78 is 0. The van der Waals surface area contributed by atoms with Crippen LogP contribution in [0.1, 0.15) is 44.9 Å². The molecule has 0 aromatic heterocycles. The number of hydrogen-bond donors (Lipinski definition) is 1. The molecule has 1 amide bonds. The molecule has 0 bridgehead atoms. The molecule has 0 aromatic rings. The number of carbonyl (C=O) groups excluding carboxylic acids is 1. The van der Waals surface area contributed by atoms with Gasteiger partial charge in [-0.25, -0.2) is 0 Å². The molecule has 0 aliphatic heterocycles. The van der Waals surface area contributed by atoms with Gasteiger partial charge in [-0.1, -0.05) is 31.4 Å². The summed E-state index contributed by atoms with van der Waals surface area (Å²) in [5.74, 6) is -0.799. The smallest absolute Gasteiger partial charge is 0.303 e. The van der Waals surface area contributed by atoms with Gasteiger partial charge in [-0.15, -0.1) is 13.2 Å². The molecule has 1 aliphatic carbocycles. The van der Waals surface area contributed by atoms with Crippen molar-refractivity contribution in [3.05, 3.63) is 25.3 Å². The standard InChI is InChI=1S/C16H25NO3/c1-3-10-17(11-4-2)14(18)12-16(13-15(19)20)8-6-5-7-9-16/h3-4H,1-2,5-13H2,(H,19,20). The van der Waals surface area contributed by atoms with Gasteiger partial charge in [0.2, 0.25) is 5.91 Å². The Hall–Kier alpha value is -1.58. The van der Waals surface area contributed by atoms with Crippen LogP contribution < -0.4 is 0 Å². The van der Waals surface area contributed by atoms with Crippen molar-refractivity contribution in [2.75, 3.05) is 13.1 Å². The summed E-state index contributed by atoms with van der Waals surface area (Å²) >= 11 is 0. The lowest BCUT2D eigenvalue weighted by Crippen LogP contribution is -2.38. The van der Waals surface area contributed by atoms with Crippen LogP contribution in [0.5, 0.6) is 0 Å². The van der Waals surface area contributed by atoms with E-state index in [-0.39, 0.29) is 17.7 Å². The first-order chi connectivity index (χ1) is 9.53. The van der Waals surface area contributed by atoms with Crippen molar-refractivity contribution < 1.29 is 14.7 Å². The number of carboxylic acid groups (broad SMARTS) is 1. The van der Waals surface area contributed by atoms with Gasteiger partial charge < -0.3 is 10.0 Å². The Balaban J connectivity index is 2.76. The number of hydrogen-bond acceptors (Lipinski definition) is 2. The van der Waals surface area contributed by atoms with Crippen LogP contribution in [-0.4, -0.2) is 35.0 Å². The molecule has 0 aromatic carbocycles. The molecule has 0 heterocycles. The molecular weight excluding hydrogens is 254 g/mol. The van der Waals surface area contributed by atoms with E-state index in [1.807, 2.05) is 0 Å². The minimum Gasteiger partial charge on any atom is -0.481 e. The van der Waals surface area contributed by atoms with E-state index in [9.17, 15) is 9.59 Å². The zero-order chi connectivity index (χ0) is 15.0. The first-order valence-corrected chi connectivity index (χ1v) is 7.24. The number of aliphatic carboxylic acids is 1. The van der Waals surface area contributed by atoms with E-state index in [1.54, 1.807) is 17.1 Å². The van der Waals surface area contributed by atoms with Crippen LogP contribution in [0.2, 0.25) is 0 Å². The van der Waals surface area contributed by atoms with Crippen LogP contribution in [0.25, 0.3) is 0 Å². The van der Waals surface area contributed by atoms with Crippen molar-refractivity contribution in [1.29, 1.82) is 0 Å². The van der Waals surface area contributed by atoms with Gasteiger partial charge in [0.1, 0.15) is 0 Å². The van der Waals surface area contributed by atoms with Crippen LogP contribution >= 0.6 is 0 Å². The van der Waals surface area contributed by atoms with E-state index >= 15 is 0 Å². The third kappa shape index (κ3) is 4.83. The van der Waals surface area contributed by atoms with Crippen molar-refractivity contribution in [2.45, 2.75) is 44.9 Å². The van der Waals surface area contributed by atoms with Crippen LogP contribution in [0, 0.1) is 5.41 Å². The number of rotatable bonds is 8. The van der Waals surface area contributed by atoms with Crippen LogP contribution in [0.3, 0.4) is 0 Å². The molecule has 0 radical (unpaired) electrons. The Labute approximate surface area is 121 Å². The van der Waals surface area contributed by atoms with Gasteiger partial charge in [-0.2, -0.15) is 0 Å². The normalized spacial score (nSPS) is 17.2. The minimum atomic E-state index is -0.807. The predicted octanol–water partition coefficient (Wildman–Crippen LogP) is 3.00. The lowest BCUT2D eigenvalue weighted by Gasteiger charge is -2.37. The van der Waals surface area contributed by atoms with E-state index in [1.165, 1.54) is 0 Å². The van der Waals surface area contributed by atoms with Crippen molar-refractivity contribution in [1.82, 2.24) is 4.90 Å². The zero-order valence-corrected chi connectivity index (χ0v) is 12.1. The monoisotopic (exact) mass is 279 g/mol. The number of amides is 1. The molecule has 1 rings (SSSR count). The fraction of sp³-hybridized carbons (Fsp3) is 0.625. The van der Waals surface area contributed by atoms with E-state index in [0.29, 0.717) is 19.5 Å². The summed E-state index contributed by atoms with van der Waals surface area (Å²) in [4.78, 5) is 25.2. The summed E-state index contributed by atoms with van der Waals surface area (Å²) in [7, 11) is 0. The van der Waals surface area contributed by atoms with Crippen molar-refractivity contribution in [3.63, 3.8) is 0 Å². The lowest BCUT2D eigenvalue weighted by atomic mass is 9.69. The summed E-state index contributed by atoms with van der Waals surface area (Å²) in [5.41, 5.74) is -0.359. The second-order valence-corrected chi connectivity index (χ2v) is 5.68. The van der Waals surface area contributed by atoms with E-state index < -0.39 is 5.97 Å². The van der Waals surface area contributed by atoms with Crippen molar-refractivity contribution in [3.8, 4) is 0 Å². The molecule has 4 nitrogen and oxygen atoms in total. The number of carbonyl (C=O) groups is 2. The van der Waals surface area contributed by atoms with Gasteiger partial charge in [-0.3, -0.25) is 9.59 Å². The van der Waals surface area contributed by atoms with Crippen LogP contribution in [0.15, 0.2) is 25.3 Å². The highest BCUT2D eigenvalue weighted by atomic mass is 16.4. The largest absolute Gasteiger partial charge is 0.481 e. The lowest BCUT2D eigenvalue weighted by molar-refractivity contribution is -0.142. The highest BCUT2D eigenvalue weighted by molar-refractivity contribution is 5.78. The average molecular weight is 279 g/mol. The SMILES string of the molecule is C=CCN(CC=C)C(=O)CC1(CC(=O)O)CCCCC1. The summed E-state index contributed by atoms with van der Waals surface area (Å²) in [6.45, 7) is 8.27. The molecule has 1 saturated carbocycles. The Morgan fingerprint density at radius 1 is 1.05 bits per heavy atom. The molecule has 0 spiro atoms. The number of carboxylic acids is 1. The Bertz CT molecular complexity index is 360. The van der Waals surface area contributed by atoms with E-state index in [2.05, 4.69) is 13.2 Å². The molecule has 1 N–H and O–H groups in total. The van der Waals surface area contributed by atoms with E-state index in [0.717, 1.165) is 32.1 Å². The van der Waals surface area contributed by atoms with Gasteiger partial charge >= 0.3 is 5.97 Å². The molecule has 4 heteroatoms. The number of nitrogens with zero attached hydrogens (tertiary/aromatic N) is 1. The minimum absolute atomic E-state index is 0.00736. The third-order valence-electron chi connectivity index (χ3n) is 4.02. The molecule has 0 atom stereocenters. The predicted molar refractivity (Wildman–Crippen MR) is 79.4 cm³/mol. The molecule has 112 valence electrons. The maximum Gasteiger partial charge on any atom is 0.303 e. The Kier molecular flexibility index (Phi) is 6.49. The molecule has 1 fully saturated rings. The highest BCUT2D eigenvalue weighted by Gasteiger charge is 2.37. The maximum atomic E-state index is 12.4. The summed E-state index contributed by atoms with van der Waals surface area (Å²) in [6, 6.07) is 0. The summed E-state index contributed by atoms with van der Waals surface area (Å²) in [5, 5.41) is 9.13. The van der Waals surface area contributed by atoms with Crippen LogP contribution in [-0.2, 0) is 9.59 Å². The van der Waals surface area contributed by atoms with Gasteiger partial charge in [0, 0.05) is 19.5 Å². The third-order valence-corrected chi connectivity index (χ3v) is 4.02. The first-order valence-electron chi connectivity index (χ1n) is 7.24.